The molecule has 1 heterocycles. The van der Waals surface area contributed by atoms with E-state index in [9.17, 15) is 4.79 Å². The van der Waals surface area contributed by atoms with E-state index in [1.165, 1.54) is 25.7 Å². The van der Waals surface area contributed by atoms with Crippen molar-refractivity contribution in [2.24, 2.45) is 0 Å². The number of para-hydroxylation sites is 2. The largest absolute Gasteiger partial charge is 0.279 e. The van der Waals surface area contributed by atoms with Gasteiger partial charge in [0.05, 0.1) is 11.4 Å². The predicted octanol–water partition coefficient (Wildman–Crippen LogP) is 6.57. The summed E-state index contributed by atoms with van der Waals surface area (Å²) in [6, 6.07) is 16.4. The predicted molar refractivity (Wildman–Crippen MR) is 102 cm³/mol. The number of rotatable bonds is 7. The van der Waals surface area contributed by atoms with E-state index < -0.39 is 0 Å². The zero-order valence-electron chi connectivity index (χ0n) is 14.3. The molecule has 1 amide bonds. The summed E-state index contributed by atoms with van der Waals surface area (Å²) in [5.41, 5.74) is 2.05. The highest BCUT2D eigenvalue weighted by atomic mass is 32.2. The highest BCUT2D eigenvalue weighted by molar-refractivity contribution is 7.99. The van der Waals surface area contributed by atoms with Crippen molar-refractivity contribution in [1.82, 2.24) is 0 Å². The van der Waals surface area contributed by atoms with Crippen LogP contribution in [0.5, 0.6) is 0 Å². The number of anilines is 2. The van der Waals surface area contributed by atoms with Crippen molar-refractivity contribution in [3.63, 3.8) is 0 Å². The number of hydrogen-bond donors (Lipinski definition) is 0. The Labute approximate surface area is 149 Å². The van der Waals surface area contributed by atoms with Gasteiger partial charge in [-0.1, -0.05) is 75.1 Å². The third-order valence-corrected chi connectivity index (χ3v) is 5.56. The number of hydrogen-bond acceptors (Lipinski definition) is 2. The van der Waals surface area contributed by atoms with E-state index in [2.05, 4.69) is 31.2 Å². The molecular formula is C21H25NOS. The molecule has 0 radical (unpaired) electrons. The lowest BCUT2D eigenvalue weighted by Gasteiger charge is -2.31. The van der Waals surface area contributed by atoms with Crippen LogP contribution in [0.25, 0.3) is 0 Å². The fourth-order valence-electron chi connectivity index (χ4n) is 3.14. The minimum absolute atomic E-state index is 0.214. The van der Waals surface area contributed by atoms with Crippen LogP contribution < -0.4 is 4.90 Å². The van der Waals surface area contributed by atoms with Gasteiger partial charge in [0.1, 0.15) is 0 Å². The SMILES string of the molecule is CCCCCCCCC(=O)N1c2ccccc2Sc2ccccc21. The quantitative estimate of drug-likeness (QED) is 0.532. The van der Waals surface area contributed by atoms with E-state index in [0.717, 1.165) is 34.0 Å². The van der Waals surface area contributed by atoms with Crippen LogP contribution in [0.3, 0.4) is 0 Å². The van der Waals surface area contributed by atoms with Crippen molar-refractivity contribution in [3.05, 3.63) is 48.5 Å². The van der Waals surface area contributed by atoms with E-state index in [1.807, 2.05) is 29.2 Å². The number of benzene rings is 2. The Kier molecular flexibility index (Phi) is 5.97. The fourth-order valence-corrected chi connectivity index (χ4v) is 4.20. The Bertz CT molecular complexity index is 652. The van der Waals surface area contributed by atoms with Crippen LogP contribution in [0.2, 0.25) is 0 Å². The summed E-state index contributed by atoms with van der Waals surface area (Å²) in [5.74, 6) is 0.214. The van der Waals surface area contributed by atoms with E-state index in [1.54, 1.807) is 11.8 Å². The summed E-state index contributed by atoms with van der Waals surface area (Å²) >= 11 is 1.75. The highest BCUT2D eigenvalue weighted by Gasteiger charge is 2.27. The Morgan fingerprint density at radius 2 is 1.38 bits per heavy atom. The van der Waals surface area contributed by atoms with Crippen LogP contribution in [-0.2, 0) is 4.79 Å². The molecule has 0 atom stereocenters. The van der Waals surface area contributed by atoms with Gasteiger partial charge in [-0.15, -0.1) is 0 Å². The molecule has 2 aromatic carbocycles. The summed E-state index contributed by atoms with van der Waals surface area (Å²) in [7, 11) is 0. The van der Waals surface area contributed by atoms with Crippen LogP contribution in [-0.4, -0.2) is 5.91 Å². The number of carbonyl (C=O) groups excluding carboxylic acids is 1. The molecule has 24 heavy (non-hydrogen) atoms. The second kappa shape index (κ2) is 8.39. The van der Waals surface area contributed by atoms with E-state index in [0.29, 0.717) is 6.42 Å². The molecule has 0 bridgehead atoms. The molecule has 0 fully saturated rings. The van der Waals surface area contributed by atoms with Crippen LogP contribution in [0.4, 0.5) is 11.4 Å². The lowest BCUT2D eigenvalue weighted by atomic mass is 10.1. The van der Waals surface area contributed by atoms with Gasteiger partial charge >= 0.3 is 0 Å². The average Bonchev–Trinajstić information content (AvgIpc) is 2.62. The molecule has 0 saturated carbocycles. The van der Waals surface area contributed by atoms with E-state index in [4.69, 9.17) is 0 Å². The fraction of sp³-hybridized carbons (Fsp3) is 0.381. The molecule has 1 aliphatic heterocycles. The molecule has 3 rings (SSSR count). The first kappa shape index (κ1) is 17.1. The van der Waals surface area contributed by atoms with Gasteiger partial charge in [0.15, 0.2) is 0 Å². The van der Waals surface area contributed by atoms with Crippen LogP contribution in [0.15, 0.2) is 58.3 Å². The summed E-state index contributed by atoms with van der Waals surface area (Å²) in [6.07, 6.45) is 7.85. The number of nitrogens with zero attached hydrogens (tertiary/aromatic N) is 1. The maximum atomic E-state index is 12.9. The zero-order valence-corrected chi connectivity index (χ0v) is 15.1. The summed E-state index contributed by atoms with van der Waals surface area (Å²) in [6.45, 7) is 2.23. The standard InChI is InChI=1S/C21H25NOS/c1-2-3-4-5-6-7-16-21(23)22-17-12-8-10-14-19(17)24-20-15-11-9-13-18(20)22/h8-15H,2-7,16H2,1H3. The molecule has 0 aromatic heterocycles. The summed E-state index contributed by atoms with van der Waals surface area (Å²) in [4.78, 5) is 17.2. The van der Waals surface area contributed by atoms with Gasteiger partial charge in [-0.2, -0.15) is 0 Å². The van der Waals surface area contributed by atoms with Crippen molar-refractivity contribution in [2.45, 2.75) is 61.7 Å². The van der Waals surface area contributed by atoms with Gasteiger partial charge in [0, 0.05) is 16.2 Å². The van der Waals surface area contributed by atoms with Crippen molar-refractivity contribution >= 4 is 29.0 Å². The first-order valence-corrected chi connectivity index (χ1v) is 9.82. The second-order valence-electron chi connectivity index (χ2n) is 6.28. The average molecular weight is 340 g/mol. The summed E-state index contributed by atoms with van der Waals surface area (Å²) in [5, 5.41) is 0. The van der Waals surface area contributed by atoms with Crippen molar-refractivity contribution in [2.75, 3.05) is 4.90 Å². The zero-order chi connectivity index (χ0) is 16.8. The van der Waals surface area contributed by atoms with Gasteiger partial charge in [0.25, 0.3) is 0 Å². The van der Waals surface area contributed by atoms with Crippen molar-refractivity contribution in [1.29, 1.82) is 0 Å². The minimum atomic E-state index is 0.214. The molecule has 0 aliphatic carbocycles. The van der Waals surface area contributed by atoms with Crippen molar-refractivity contribution < 1.29 is 4.79 Å². The number of fused-ring (bicyclic) bond motifs is 2. The van der Waals surface area contributed by atoms with E-state index >= 15 is 0 Å². The monoisotopic (exact) mass is 339 g/mol. The number of unbranched alkanes of at least 4 members (excludes halogenated alkanes) is 5. The molecular weight excluding hydrogens is 314 g/mol. The van der Waals surface area contributed by atoms with Crippen LogP contribution in [0, 0.1) is 0 Å². The van der Waals surface area contributed by atoms with Crippen LogP contribution >= 0.6 is 11.8 Å². The van der Waals surface area contributed by atoms with E-state index in [-0.39, 0.29) is 5.91 Å². The molecule has 0 N–H and O–H groups in total. The Balaban J connectivity index is 1.71. The second-order valence-corrected chi connectivity index (χ2v) is 7.37. The minimum Gasteiger partial charge on any atom is -0.279 e. The number of carbonyl (C=O) groups is 1. The van der Waals surface area contributed by atoms with Gasteiger partial charge < -0.3 is 0 Å². The molecule has 2 nitrogen and oxygen atoms in total. The number of amides is 1. The van der Waals surface area contributed by atoms with Gasteiger partial charge in [-0.3, -0.25) is 9.69 Å². The molecule has 1 aliphatic rings. The lowest BCUT2D eigenvalue weighted by molar-refractivity contribution is -0.118. The molecule has 126 valence electrons. The Hall–Kier alpha value is -1.74. The maximum absolute atomic E-state index is 12.9. The molecule has 0 saturated heterocycles. The van der Waals surface area contributed by atoms with Crippen molar-refractivity contribution in [3.8, 4) is 0 Å². The highest BCUT2D eigenvalue weighted by Crippen LogP contribution is 2.48. The smallest absolute Gasteiger partial charge is 0.231 e. The van der Waals surface area contributed by atoms with Gasteiger partial charge in [-0.25, -0.2) is 0 Å². The molecule has 2 aromatic rings. The third-order valence-electron chi connectivity index (χ3n) is 4.43. The maximum Gasteiger partial charge on any atom is 0.231 e. The van der Waals surface area contributed by atoms with Gasteiger partial charge in [-0.05, 0) is 30.7 Å². The molecule has 0 unspecified atom stereocenters. The Morgan fingerprint density at radius 1 is 0.833 bits per heavy atom. The lowest BCUT2D eigenvalue weighted by Crippen LogP contribution is -2.28. The third kappa shape index (κ3) is 3.84. The molecule has 3 heteroatoms. The first-order valence-electron chi connectivity index (χ1n) is 9.00. The van der Waals surface area contributed by atoms with Gasteiger partial charge in [0.2, 0.25) is 5.91 Å². The summed E-state index contributed by atoms with van der Waals surface area (Å²) < 4.78 is 0. The topological polar surface area (TPSA) is 20.3 Å². The normalized spacial score (nSPS) is 12.6. The Morgan fingerprint density at radius 3 is 2.00 bits per heavy atom. The first-order chi connectivity index (χ1) is 11.8. The van der Waals surface area contributed by atoms with Crippen LogP contribution in [0.1, 0.15) is 51.9 Å². The molecule has 0 spiro atoms.